The van der Waals surface area contributed by atoms with Gasteiger partial charge < -0.3 is 5.32 Å². The number of rotatable bonds is 5. The van der Waals surface area contributed by atoms with Gasteiger partial charge in [-0.05, 0) is 26.3 Å². The van der Waals surface area contributed by atoms with E-state index in [9.17, 15) is 0 Å². The van der Waals surface area contributed by atoms with Crippen LogP contribution in [0.4, 0.5) is 0 Å². The lowest BCUT2D eigenvalue weighted by Gasteiger charge is -2.09. The molecule has 0 aromatic rings. The number of nitrogens with one attached hydrogen (secondary N) is 1. The van der Waals surface area contributed by atoms with E-state index in [0.717, 1.165) is 13.0 Å². The monoisotopic (exact) mass is 128 g/mol. The predicted octanol–water partition coefficient (Wildman–Crippen LogP) is 1.99. The topological polar surface area (TPSA) is 12.0 Å². The maximum absolute atomic E-state index is 3.92. The lowest BCUT2D eigenvalue weighted by atomic mass is 10.2. The van der Waals surface area contributed by atoms with Crippen LogP contribution < -0.4 is 5.32 Å². The molecule has 1 radical (unpaired) electrons. The fourth-order valence-electron chi connectivity index (χ4n) is 0.627. The van der Waals surface area contributed by atoms with E-state index in [4.69, 9.17) is 0 Å². The first-order valence-electron chi connectivity index (χ1n) is 3.87. The van der Waals surface area contributed by atoms with Crippen LogP contribution in [0.25, 0.3) is 0 Å². The lowest BCUT2D eigenvalue weighted by molar-refractivity contribution is 0.556. The van der Waals surface area contributed by atoms with Crippen LogP contribution in [0.5, 0.6) is 0 Å². The molecule has 0 aromatic carbocycles. The van der Waals surface area contributed by atoms with E-state index in [0.29, 0.717) is 6.04 Å². The summed E-state index contributed by atoms with van der Waals surface area (Å²) in [6, 6.07) is 0.455. The van der Waals surface area contributed by atoms with E-state index in [1.807, 2.05) is 0 Å². The minimum absolute atomic E-state index is 0.455. The van der Waals surface area contributed by atoms with Gasteiger partial charge in [0.1, 0.15) is 0 Å². The Morgan fingerprint density at radius 3 is 2.56 bits per heavy atom. The van der Waals surface area contributed by atoms with Crippen molar-refractivity contribution in [3.05, 3.63) is 6.92 Å². The molecule has 1 atom stereocenters. The first-order valence-corrected chi connectivity index (χ1v) is 3.87. The zero-order valence-electron chi connectivity index (χ0n) is 6.61. The third-order valence-corrected chi connectivity index (χ3v) is 1.46. The first kappa shape index (κ1) is 8.96. The van der Waals surface area contributed by atoms with Gasteiger partial charge in [-0.3, -0.25) is 0 Å². The van der Waals surface area contributed by atoms with Gasteiger partial charge in [-0.1, -0.05) is 20.3 Å². The molecule has 0 aromatic heterocycles. The summed E-state index contributed by atoms with van der Waals surface area (Å²) in [5, 5.41) is 3.32. The highest BCUT2D eigenvalue weighted by molar-refractivity contribution is 4.65. The quantitative estimate of drug-likeness (QED) is 0.558. The summed E-state index contributed by atoms with van der Waals surface area (Å²) in [5.74, 6) is 0. The Morgan fingerprint density at radius 1 is 1.44 bits per heavy atom. The molecule has 0 heterocycles. The van der Waals surface area contributed by atoms with Crippen molar-refractivity contribution in [1.29, 1.82) is 0 Å². The summed E-state index contributed by atoms with van der Waals surface area (Å²) in [6.45, 7) is 9.39. The molecule has 0 aliphatic heterocycles. The zero-order chi connectivity index (χ0) is 7.11. The van der Waals surface area contributed by atoms with Crippen molar-refractivity contribution in [3.8, 4) is 0 Å². The van der Waals surface area contributed by atoms with E-state index in [-0.39, 0.29) is 0 Å². The van der Waals surface area contributed by atoms with Crippen molar-refractivity contribution in [2.45, 2.75) is 39.2 Å². The smallest absolute Gasteiger partial charge is 0.00650 e. The van der Waals surface area contributed by atoms with Crippen LogP contribution in [0, 0.1) is 6.92 Å². The van der Waals surface area contributed by atoms with Crippen LogP contribution in [-0.4, -0.2) is 12.6 Å². The maximum atomic E-state index is 3.92. The minimum Gasteiger partial charge on any atom is -0.314 e. The molecule has 55 valence electrons. The van der Waals surface area contributed by atoms with Gasteiger partial charge in [0.2, 0.25) is 0 Å². The van der Waals surface area contributed by atoms with Crippen molar-refractivity contribution in [2.24, 2.45) is 0 Å². The first-order chi connectivity index (χ1) is 4.31. The van der Waals surface area contributed by atoms with Gasteiger partial charge in [-0.15, -0.1) is 0 Å². The molecule has 0 aliphatic rings. The Labute approximate surface area is 58.8 Å². The van der Waals surface area contributed by atoms with Crippen molar-refractivity contribution in [3.63, 3.8) is 0 Å². The number of unbranched alkanes of at least 4 members (excludes halogenated alkanes) is 1. The third kappa shape index (κ3) is 5.84. The molecule has 1 N–H and O–H groups in total. The Morgan fingerprint density at radius 2 is 2.11 bits per heavy atom. The van der Waals surface area contributed by atoms with Crippen LogP contribution in [0.15, 0.2) is 0 Å². The standard InChI is InChI=1S/C8H18N/c1-4-6-7-9-8(3)5-2/h8-9H,3-7H2,1-2H3. The lowest BCUT2D eigenvalue weighted by Crippen LogP contribution is -2.26. The van der Waals surface area contributed by atoms with Crippen LogP contribution in [0.3, 0.4) is 0 Å². The Balaban J connectivity index is 2.88. The Kier molecular flexibility index (Phi) is 6.06. The molecule has 0 saturated carbocycles. The predicted molar refractivity (Wildman–Crippen MR) is 42.3 cm³/mol. The molecule has 0 fully saturated rings. The summed E-state index contributed by atoms with van der Waals surface area (Å²) in [6.07, 6.45) is 3.67. The molecule has 1 unspecified atom stereocenters. The molecule has 0 saturated heterocycles. The fourth-order valence-corrected chi connectivity index (χ4v) is 0.627. The van der Waals surface area contributed by atoms with Crippen molar-refractivity contribution < 1.29 is 0 Å². The van der Waals surface area contributed by atoms with Gasteiger partial charge in [0, 0.05) is 6.04 Å². The zero-order valence-corrected chi connectivity index (χ0v) is 6.61. The molecule has 1 heteroatoms. The maximum Gasteiger partial charge on any atom is 0.00650 e. The molecule has 0 amide bonds. The molecule has 0 rings (SSSR count). The van der Waals surface area contributed by atoms with Crippen molar-refractivity contribution in [2.75, 3.05) is 6.54 Å². The largest absolute Gasteiger partial charge is 0.314 e. The minimum atomic E-state index is 0.455. The van der Waals surface area contributed by atoms with Crippen LogP contribution in [-0.2, 0) is 0 Å². The van der Waals surface area contributed by atoms with Gasteiger partial charge >= 0.3 is 0 Å². The molecule has 0 spiro atoms. The second-order valence-corrected chi connectivity index (χ2v) is 2.41. The van der Waals surface area contributed by atoms with E-state index in [1.165, 1.54) is 12.8 Å². The highest BCUT2D eigenvalue weighted by Gasteiger charge is 1.93. The van der Waals surface area contributed by atoms with Gasteiger partial charge in [0.25, 0.3) is 0 Å². The number of hydrogen-bond acceptors (Lipinski definition) is 1. The highest BCUT2D eigenvalue weighted by atomic mass is 14.9. The van der Waals surface area contributed by atoms with E-state index in [1.54, 1.807) is 0 Å². The molecule has 0 bridgehead atoms. The average Bonchev–Trinajstić information content (AvgIpc) is 1.89. The molecule has 0 aliphatic carbocycles. The Hall–Kier alpha value is -0.0400. The van der Waals surface area contributed by atoms with Crippen LogP contribution >= 0.6 is 0 Å². The van der Waals surface area contributed by atoms with Crippen molar-refractivity contribution in [1.82, 2.24) is 5.32 Å². The summed E-state index contributed by atoms with van der Waals surface area (Å²) >= 11 is 0. The summed E-state index contributed by atoms with van der Waals surface area (Å²) in [4.78, 5) is 0. The fraction of sp³-hybridized carbons (Fsp3) is 0.875. The SMILES string of the molecule is [CH2]C(CC)NCCCC. The summed E-state index contributed by atoms with van der Waals surface area (Å²) in [5.41, 5.74) is 0. The molecular formula is C8H18N. The summed E-state index contributed by atoms with van der Waals surface area (Å²) in [7, 11) is 0. The third-order valence-electron chi connectivity index (χ3n) is 1.46. The van der Waals surface area contributed by atoms with Crippen LogP contribution in [0.2, 0.25) is 0 Å². The average molecular weight is 128 g/mol. The van der Waals surface area contributed by atoms with Gasteiger partial charge in [-0.25, -0.2) is 0 Å². The summed E-state index contributed by atoms with van der Waals surface area (Å²) < 4.78 is 0. The van der Waals surface area contributed by atoms with E-state index < -0.39 is 0 Å². The molecule has 9 heavy (non-hydrogen) atoms. The van der Waals surface area contributed by atoms with Crippen molar-refractivity contribution >= 4 is 0 Å². The highest BCUT2D eigenvalue weighted by Crippen LogP contribution is 1.88. The van der Waals surface area contributed by atoms with Crippen LogP contribution in [0.1, 0.15) is 33.1 Å². The van der Waals surface area contributed by atoms with Gasteiger partial charge in [-0.2, -0.15) is 0 Å². The second kappa shape index (κ2) is 6.09. The number of hydrogen-bond donors (Lipinski definition) is 1. The van der Waals surface area contributed by atoms with Gasteiger partial charge in [0.05, 0.1) is 0 Å². The van der Waals surface area contributed by atoms with E-state index in [2.05, 4.69) is 26.1 Å². The molecule has 1 nitrogen and oxygen atoms in total. The van der Waals surface area contributed by atoms with Gasteiger partial charge in [0.15, 0.2) is 0 Å². The second-order valence-electron chi connectivity index (χ2n) is 2.41. The molecular weight excluding hydrogens is 110 g/mol. The Bertz CT molecular complexity index is 52.5. The normalized spacial score (nSPS) is 13.7. The van der Waals surface area contributed by atoms with E-state index >= 15 is 0 Å².